The van der Waals surface area contributed by atoms with Crippen molar-refractivity contribution in [3.63, 3.8) is 0 Å². The van der Waals surface area contributed by atoms with Crippen LogP contribution in [0.3, 0.4) is 0 Å². The van der Waals surface area contributed by atoms with Crippen molar-refractivity contribution < 1.29 is 14.6 Å². The van der Waals surface area contributed by atoms with Gasteiger partial charge in [0.25, 0.3) is 0 Å². The van der Waals surface area contributed by atoms with E-state index >= 15 is 0 Å². The van der Waals surface area contributed by atoms with Gasteiger partial charge in [-0.05, 0) is 25.7 Å². The zero-order chi connectivity index (χ0) is 14.1. The molecule has 0 spiro atoms. The second-order valence-corrected chi connectivity index (χ2v) is 4.22. The van der Waals surface area contributed by atoms with E-state index in [4.69, 9.17) is 9.47 Å². The summed E-state index contributed by atoms with van der Waals surface area (Å²) in [5.74, 6) is 1.44. The van der Waals surface area contributed by atoms with E-state index in [0.717, 1.165) is 24.8 Å². The number of phenols is 1. The molecule has 0 aromatic heterocycles. The lowest BCUT2D eigenvalue weighted by atomic mass is 10.1. The minimum Gasteiger partial charge on any atom is -0.507 e. The molecule has 1 aromatic carbocycles. The highest BCUT2D eigenvalue weighted by molar-refractivity contribution is 5.50. The molecule has 104 valence electrons. The Balaban J connectivity index is 2.69. The van der Waals surface area contributed by atoms with E-state index in [1.54, 1.807) is 26.4 Å². The maximum absolute atomic E-state index is 9.97. The fourth-order valence-corrected chi connectivity index (χ4v) is 1.81. The number of aromatic hydroxyl groups is 1. The first kappa shape index (κ1) is 15.2. The molecule has 1 rings (SSSR count). The highest BCUT2D eigenvalue weighted by Gasteiger charge is 2.10. The molecule has 0 bridgehead atoms. The van der Waals surface area contributed by atoms with Gasteiger partial charge in [-0.1, -0.05) is 18.2 Å². The van der Waals surface area contributed by atoms with Crippen molar-refractivity contribution in [2.75, 3.05) is 14.2 Å². The smallest absolute Gasteiger partial charge is 0.129 e. The van der Waals surface area contributed by atoms with E-state index in [2.05, 4.69) is 12.7 Å². The number of allylic oxidation sites excluding steroid dienone is 3. The van der Waals surface area contributed by atoms with Crippen LogP contribution in [-0.2, 0) is 6.42 Å². The number of phenolic OH excluding ortho intramolecular Hbond substituents is 1. The second kappa shape index (κ2) is 8.25. The molecule has 0 amide bonds. The van der Waals surface area contributed by atoms with E-state index in [1.165, 1.54) is 0 Å². The van der Waals surface area contributed by atoms with Crippen molar-refractivity contribution in [2.45, 2.75) is 25.7 Å². The van der Waals surface area contributed by atoms with Gasteiger partial charge in [0.05, 0.1) is 14.2 Å². The Morgan fingerprint density at radius 1 is 1.16 bits per heavy atom. The number of hydrogen-bond donors (Lipinski definition) is 1. The minimum atomic E-state index is 0.201. The van der Waals surface area contributed by atoms with E-state index in [1.807, 2.05) is 12.2 Å². The van der Waals surface area contributed by atoms with E-state index in [9.17, 15) is 5.11 Å². The summed E-state index contributed by atoms with van der Waals surface area (Å²) in [6.07, 6.45) is 9.89. The average Bonchev–Trinajstić information content (AvgIpc) is 2.43. The minimum absolute atomic E-state index is 0.201. The van der Waals surface area contributed by atoms with Gasteiger partial charge in [0.15, 0.2) is 0 Å². The van der Waals surface area contributed by atoms with Gasteiger partial charge >= 0.3 is 0 Å². The molecule has 0 aliphatic rings. The van der Waals surface area contributed by atoms with Crippen LogP contribution >= 0.6 is 0 Å². The van der Waals surface area contributed by atoms with Gasteiger partial charge in [0.2, 0.25) is 0 Å². The quantitative estimate of drug-likeness (QED) is 0.571. The Labute approximate surface area is 115 Å². The van der Waals surface area contributed by atoms with Crippen LogP contribution in [0.15, 0.2) is 36.9 Å². The van der Waals surface area contributed by atoms with Gasteiger partial charge in [0.1, 0.15) is 17.2 Å². The van der Waals surface area contributed by atoms with Crippen molar-refractivity contribution in [3.8, 4) is 17.2 Å². The second-order valence-electron chi connectivity index (χ2n) is 4.22. The summed E-state index contributed by atoms with van der Waals surface area (Å²) in [5, 5.41) is 9.97. The number of hydrogen-bond acceptors (Lipinski definition) is 3. The van der Waals surface area contributed by atoms with Gasteiger partial charge < -0.3 is 14.6 Å². The normalized spacial score (nSPS) is 10.6. The molecule has 3 nitrogen and oxygen atoms in total. The molecule has 0 fully saturated rings. The molecule has 0 atom stereocenters. The van der Waals surface area contributed by atoms with Crippen molar-refractivity contribution in [1.29, 1.82) is 0 Å². The highest BCUT2D eigenvalue weighted by atomic mass is 16.5. The molecule has 0 aliphatic heterocycles. The van der Waals surface area contributed by atoms with Crippen LogP contribution in [-0.4, -0.2) is 19.3 Å². The summed E-state index contributed by atoms with van der Waals surface area (Å²) < 4.78 is 10.4. The third-order valence-electron chi connectivity index (χ3n) is 2.88. The predicted octanol–water partition coefficient (Wildman–Crippen LogP) is 3.86. The van der Waals surface area contributed by atoms with Crippen LogP contribution in [0.25, 0.3) is 0 Å². The molecule has 19 heavy (non-hydrogen) atoms. The number of rotatable bonds is 8. The monoisotopic (exact) mass is 262 g/mol. The molecular weight excluding hydrogens is 240 g/mol. The Morgan fingerprint density at radius 2 is 1.95 bits per heavy atom. The molecule has 0 heterocycles. The van der Waals surface area contributed by atoms with Gasteiger partial charge in [-0.15, -0.1) is 6.58 Å². The SMILES string of the molecule is C=CCCC/C=C/Cc1c(O)cc(OC)cc1OC. The zero-order valence-electron chi connectivity index (χ0n) is 11.7. The zero-order valence-corrected chi connectivity index (χ0v) is 11.7. The number of benzene rings is 1. The first-order valence-electron chi connectivity index (χ1n) is 6.42. The van der Waals surface area contributed by atoms with Crippen LogP contribution in [0.2, 0.25) is 0 Å². The highest BCUT2D eigenvalue weighted by Crippen LogP contribution is 2.33. The van der Waals surface area contributed by atoms with Gasteiger partial charge in [-0.3, -0.25) is 0 Å². The Hall–Kier alpha value is -1.90. The summed E-state index contributed by atoms with van der Waals surface area (Å²) in [7, 11) is 3.15. The fraction of sp³-hybridized carbons (Fsp3) is 0.375. The Kier molecular flexibility index (Phi) is 6.58. The molecule has 1 N–H and O–H groups in total. The molecule has 0 unspecified atom stereocenters. The van der Waals surface area contributed by atoms with Crippen LogP contribution in [0.1, 0.15) is 24.8 Å². The van der Waals surface area contributed by atoms with Crippen molar-refractivity contribution in [1.82, 2.24) is 0 Å². The van der Waals surface area contributed by atoms with Crippen LogP contribution < -0.4 is 9.47 Å². The molecule has 0 radical (unpaired) electrons. The summed E-state index contributed by atoms with van der Waals surface area (Å²) >= 11 is 0. The van der Waals surface area contributed by atoms with Gasteiger partial charge in [0, 0.05) is 17.7 Å². The summed E-state index contributed by atoms with van der Waals surface area (Å²) in [6, 6.07) is 3.38. The van der Waals surface area contributed by atoms with E-state index in [0.29, 0.717) is 17.9 Å². The lowest BCUT2D eigenvalue weighted by Gasteiger charge is -2.11. The molecule has 3 heteroatoms. The Morgan fingerprint density at radius 3 is 2.58 bits per heavy atom. The van der Waals surface area contributed by atoms with Gasteiger partial charge in [-0.25, -0.2) is 0 Å². The third-order valence-corrected chi connectivity index (χ3v) is 2.88. The first-order valence-corrected chi connectivity index (χ1v) is 6.42. The maximum atomic E-state index is 9.97. The van der Waals surface area contributed by atoms with Gasteiger partial charge in [-0.2, -0.15) is 0 Å². The number of unbranched alkanes of at least 4 members (excludes halogenated alkanes) is 2. The topological polar surface area (TPSA) is 38.7 Å². The Bertz CT molecular complexity index is 436. The predicted molar refractivity (Wildman–Crippen MR) is 78.1 cm³/mol. The van der Waals surface area contributed by atoms with E-state index < -0.39 is 0 Å². The molecule has 0 saturated carbocycles. The number of methoxy groups -OCH3 is 2. The molecule has 0 saturated heterocycles. The van der Waals surface area contributed by atoms with Crippen molar-refractivity contribution in [3.05, 3.63) is 42.5 Å². The van der Waals surface area contributed by atoms with Crippen LogP contribution in [0.4, 0.5) is 0 Å². The summed E-state index contributed by atoms with van der Waals surface area (Å²) in [4.78, 5) is 0. The summed E-state index contributed by atoms with van der Waals surface area (Å²) in [5.41, 5.74) is 0.781. The molecule has 1 aromatic rings. The largest absolute Gasteiger partial charge is 0.507 e. The lowest BCUT2D eigenvalue weighted by molar-refractivity contribution is 0.380. The fourth-order valence-electron chi connectivity index (χ4n) is 1.81. The lowest BCUT2D eigenvalue weighted by Crippen LogP contribution is -1.93. The van der Waals surface area contributed by atoms with Crippen LogP contribution in [0, 0.1) is 0 Å². The first-order chi connectivity index (χ1) is 9.22. The van der Waals surface area contributed by atoms with E-state index in [-0.39, 0.29) is 5.75 Å². The molecule has 0 aliphatic carbocycles. The summed E-state index contributed by atoms with van der Waals surface area (Å²) in [6.45, 7) is 3.69. The third kappa shape index (κ3) is 4.70. The standard InChI is InChI=1S/C16H22O3/c1-4-5-6-7-8-9-10-14-15(17)11-13(18-2)12-16(14)19-3/h4,8-9,11-12,17H,1,5-7,10H2,2-3H3/b9-8+. The average molecular weight is 262 g/mol. The van der Waals surface area contributed by atoms with Crippen molar-refractivity contribution in [2.24, 2.45) is 0 Å². The van der Waals surface area contributed by atoms with Crippen molar-refractivity contribution >= 4 is 0 Å². The van der Waals surface area contributed by atoms with Crippen LogP contribution in [0.5, 0.6) is 17.2 Å². The molecular formula is C16H22O3. The number of ether oxygens (including phenoxy) is 2. The maximum Gasteiger partial charge on any atom is 0.129 e.